The van der Waals surface area contributed by atoms with Gasteiger partial charge in [-0.2, -0.15) is 20.5 Å². The first-order chi connectivity index (χ1) is 22.2. The first-order valence-electron chi connectivity index (χ1n) is 16.7. The van der Waals surface area contributed by atoms with Gasteiger partial charge in [-0.25, -0.2) is 0 Å². The molecule has 0 radical (unpaired) electrons. The fourth-order valence-corrected chi connectivity index (χ4v) is 4.85. The maximum atomic E-state index is 5.92. The fraction of sp³-hybridized carbons (Fsp3) is 0.385. The molecule has 0 N–H and O–H groups in total. The number of azo groups is 2. The molecule has 0 aliphatic rings. The molecule has 45 heavy (non-hydrogen) atoms. The molecule has 0 bridgehead atoms. The van der Waals surface area contributed by atoms with E-state index in [2.05, 4.69) is 58.6 Å². The van der Waals surface area contributed by atoms with Gasteiger partial charge in [-0.1, -0.05) is 76.6 Å². The van der Waals surface area contributed by atoms with Gasteiger partial charge < -0.3 is 9.47 Å². The molecular weight excluding hydrogens is 556 g/mol. The number of benzene rings is 4. The van der Waals surface area contributed by atoms with E-state index in [4.69, 9.17) is 9.47 Å². The standard InChI is InChI=1S/C39H48N4O2/c1-3-5-6-10-13-33-16-20-35(21-17-33)41-43-37-24-28-39(29-25-37)45-31-12-9-7-8-11-30-44-38-26-22-36(23-27-38)42-40-34-18-14-32(4-2)15-19-34/h14-29H,3-13,30-31H2,1-2H3. The van der Waals surface area contributed by atoms with E-state index in [1.54, 1.807) is 0 Å². The van der Waals surface area contributed by atoms with Crippen LogP contribution in [-0.2, 0) is 12.8 Å². The third-order valence-corrected chi connectivity index (χ3v) is 7.66. The lowest BCUT2D eigenvalue weighted by atomic mass is 10.1. The summed E-state index contributed by atoms with van der Waals surface area (Å²) in [6, 6.07) is 32.2. The predicted molar refractivity (Wildman–Crippen MR) is 185 cm³/mol. The number of rotatable bonds is 20. The summed E-state index contributed by atoms with van der Waals surface area (Å²) in [6.45, 7) is 5.82. The molecule has 0 heterocycles. The molecule has 0 aromatic heterocycles. The Balaban J connectivity index is 1.02. The summed E-state index contributed by atoms with van der Waals surface area (Å²) in [5, 5.41) is 17.4. The first kappa shape index (κ1) is 33.6. The van der Waals surface area contributed by atoms with Gasteiger partial charge in [0.2, 0.25) is 0 Å². The van der Waals surface area contributed by atoms with Gasteiger partial charge >= 0.3 is 0 Å². The average Bonchev–Trinajstić information content (AvgIpc) is 3.09. The summed E-state index contributed by atoms with van der Waals surface area (Å²) in [4.78, 5) is 0. The van der Waals surface area contributed by atoms with Crippen LogP contribution in [0.25, 0.3) is 0 Å². The molecule has 6 nitrogen and oxygen atoms in total. The van der Waals surface area contributed by atoms with E-state index in [1.165, 1.54) is 43.2 Å². The maximum absolute atomic E-state index is 5.92. The van der Waals surface area contributed by atoms with Crippen molar-refractivity contribution in [3.05, 3.63) is 108 Å². The van der Waals surface area contributed by atoms with Gasteiger partial charge in [0.25, 0.3) is 0 Å². The summed E-state index contributed by atoms with van der Waals surface area (Å²) >= 11 is 0. The molecule has 4 rings (SSSR count). The molecule has 0 aliphatic carbocycles. The molecule has 4 aromatic rings. The van der Waals surface area contributed by atoms with Crippen molar-refractivity contribution in [2.45, 2.75) is 84.5 Å². The highest BCUT2D eigenvalue weighted by Gasteiger charge is 2.00. The third-order valence-electron chi connectivity index (χ3n) is 7.66. The van der Waals surface area contributed by atoms with E-state index in [0.29, 0.717) is 0 Å². The van der Waals surface area contributed by atoms with E-state index in [0.717, 1.165) is 86.0 Å². The summed E-state index contributed by atoms with van der Waals surface area (Å²) in [5.74, 6) is 1.73. The number of aryl methyl sites for hydroxylation is 2. The average molecular weight is 605 g/mol. The number of unbranched alkanes of at least 4 members (excludes halogenated alkanes) is 7. The van der Waals surface area contributed by atoms with E-state index >= 15 is 0 Å². The van der Waals surface area contributed by atoms with Crippen molar-refractivity contribution in [2.24, 2.45) is 20.5 Å². The lowest BCUT2D eigenvalue weighted by molar-refractivity contribution is 0.293. The van der Waals surface area contributed by atoms with Crippen LogP contribution in [-0.4, -0.2) is 13.2 Å². The van der Waals surface area contributed by atoms with E-state index < -0.39 is 0 Å². The molecule has 0 fully saturated rings. The third kappa shape index (κ3) is 13.1. The van der Waals surface area contributed by atoms with Crippen molar-refractivity contribution in [3.63, 3.8) is 0 Å². The van der Waals surface area contributed by atoms with Crippen molar-refractivity contribution >= 4 is 22.7 Å². The number of hydrogen-bond acceptors (Lipinski definition) is 6. The van der Waals surface area contributed by atoms with Crippen LogP contribution in [0.5, 0.6) is 11.5 Å². The lowest BCUT2D eigenvalue weighted by Crippen LogP contribution is -1.99. The zero-order valence-electron chi connectivity index (χ0n) is 27.0. The number of hydrogen-bond donors (Lipinski definition) is 0. The Morgan fingerprint density at radius 3 is 1.20 bits per heavy atom. The van der Waals surface area contributed by atoms with E-state index in [-0.39, 0.29) is 0 Å². The Bertz CT molecular complexity index is 1410. The molecule has 236 valence electrons. The summed E-state index contributed by atoms with van der Waals surface area (Å²) in [5.41, 5.74) is 6.04. The maximum Gasteiger partial charge on any atom is 0.119 e. The topological polar surface area (TPSA) is 67.9 Å². The molecular formula is C39H48N4O2. The monoisotopic (exact) mass is 604 g/mol. The second kappa shape index (κ2) is 19.9. The minimum atomic E-state index is 0.718. The van der Waals surface area contributed by atoms with E-state index in [1.807, 2.05) is 72.8 Å². The highest BCUT2D eigenvalue weighted by molar-refractivity contribution is 5.44. The van der Waals surface area contributed by atoms with Crippen molar-refractivity contribution in [1.82, 2.24) is 0 Å². The van der Waals surface area contributed by atoms with Crippen LogP contribution in [0.1, 0.15) is 82.8 Å². The minimum Gasteiger partial charge on any atom is -0.494 e. The van der Waals surface area contributed by atoms with Gasteiger partial charge in [0.15, 0.2) is 0 Å². The molecule has 0 aliphatic heterocycles. The van der Waals surface area contributed by atoms with Gasteiger partial charge in [-0.05, 0) is 116 Å². The molecule has 6 heteroatoms. The van der Waals surface area contributed by atoms with Gasteiger partial charge in [-0.3, -0.25) is 0 Å². The van der Waals surface area contributed by atoms with Crippen LogP contribution in [0.2, 0.25) is 0 Å². The summed E-state index contributed by atoms with van der Waals surface area (Å²) < 4.78 is 11.8. The molecule has 0 saturated heterocycles. The van der Waals surface area contributed by atoms with Gasteiger partial charge in [-0.15, -0.1) is 0 Å². The van der Waals surface area contributed by atoms with Crippen LogP contribution in [0, 0.1) is 0 Å². The molecule has 0 saturated carbocycles. The quantitative estimate of drug-likeness (QED) is 0.0744. The Hall–Kier alpha value is -4.32. The largest absolute Gasteiger partial charge is 0.494 e. The van der Waals surface area contributed by atoms with Crippen LogP contribution >= 0.6 is 0 Å². The van der Waals surface area contributed by atoms with E-state index in [9.17, 15) is 0 Å². The number of ether oxygens (including phenoxy) is 2. The number of nitrogens with zero attached hydrogens (tertiary/aromatic N) is 4. The minimum absolute atomic E-state index is 0.718. The summed E-state index contributed by atoms with van der Waals surface area (Å²) in [6.07, 6.45) is 12.8. The van der Waals surface area contributed by atoms with Gasteiger partial charge in [0, 0.05) is 0 Å². The zero-order chi connectivity index (χ0) is 31.4. The molecule has 0 spiro atoms. The van der Waals surface area contributed by atoms with Crippen molar-refractivity contribution in [1.29, 1.82) is 0 Å². The van der Waals surface area contributed by atoms with Crippen molar-refractivity contribution in [2.75, 3.05) is 13.2 Å². The normalized spacial score (nSPS) is 11.4. The Kier molecular flexibility index (Phi) is 14.8. The van der Waals surface area contributed by atoms with Crippen LogP contribution in [0.15, 0.2) is 118 Å². The Morgan fingerprint density at radius 2 is 0.778 bits per heavy atom. The Morgan fingerprint density at radius 1 is 0.400 bits per heavy atom. The van der Waals surface area contributed by atoms with Crippen LogP contribution in [0.4, 0.5) is 22.7 Å². The molecule has 0 amide bonds. The highest BCUT2D eigenvalue weighted by Crippen LogP contribution is 2.24. The van der Waals surface area contributed by atoms with Crippen molar-refractivity contribution in [3.8, 4) is 11.5 Å². The molecule has 4 aromatic carbocycles. The van der Waals surface area contributed by atoms with Crippen molar-refractivity contribution < 1.29 is 9.47 Å². The second-order valence-electron chi connectivity index (χ2n) is 11.3. The predicted octanol–water partition coefficient (Wildman–Crippen LogP) is 12.6. The zero-order valence-corrected chi connectivity index (χ0v) is 27.0. The van der Waals surface area contributed by atoms with Crippen LogP contribution < -0.4 is 9.47 Å². The Labute approximate surface area is 269 Å². The second-order valence-corrected chi connectivity index (χ2v) is 11.3. The molecule has 0 atom stereocenters. The summed E-state index contributed by atoms with van der Waals surface area (Å²) in [7, 11) is 0. The first-order valence-corrected chi connectivity index (χ1v) is 16.7. The molecule has 0 unspecified atom stereocenters. The van der Waals surface area contributed by atoms with Gasteiger partial charge in [0.1, 0.15) is 11.5 Å². The lowest BCUT2D eigenvalue weighted by Gasteiger charge is -2.07. The highest BCUT2D eigenvalue weighted by atomic mass is 16.5. The SMILES string of the molecule is CCCCCCc1ccc(N=Nc2ccc(OCCCCCCCOc3ccc(N=Nc4ccc(CC)cc4)cc3)cc2)cc1. The smallest absolute Gasteiger partial charge is 0.119 e. The van der Waals surface area contributed by atoms with Crippen LogP contribution in [0.3, 0.4) is 0 Å². The fourth-order valence-electron chi connectivity index (χ4n) is 4.85. The van der Waals surface area contributed by atoms with Gasteiger partial charge in [0.05, 0.1) is 36.0 Å².